The SMILES string of the molecule is CO[Si](C)(C)CS[Si](C)(C)C. The van der Waals surface area contributed by atoms with E-state index in [2.05, 4.69) is 43.9 Å². The second-order valence-corrected chi connectivity index (χ2v) is 18.5. The van der Waals surface area contributed by atoms with Crippen LogP contribution in [0.15, 0.2) is 0 Å². The van der Waals surface area contributed by atoms with Crippen molar-refractivity contribution in [1.29, 1.82) is 0 Å². The molecule has 1 nitrogen and oxygen atoms in total. The van der Waals surface area contributed by atoms with E-state index in [0.717, 1.165) is 0 Å². The van der Waals surface area contributed by atoms with Crippen molar-refractivity contribution < 1.29 is 4.43 Å². The first kappa shape index (κ1) is 11.7. The smallest absolute Gasteiger partial charge is 0.195 e. The van der Waals surface area contributed by atoms with Crippen molar-refractivity contribution in [2.45, 2.75) is 32.7 Å². The minimum atomic E-state index is -1.29. The van der Waals surface area contributed by atoms with Gasteiger partial charge in [0.25, 0.3) is 0 Å². The molecule has 0 atom stereocenters. The lowest BCUT2D eigenvalue weighted by atomic mass is 11.8. The first-order valence-electron chi connectivity index (χ1n) is 3.96. The van der Waals surface area contributed by atoms with Crippen LogP contribution in [-0.2, 0) is 4.43 Å². The Bertz CT molecular complexity index is 120. The van der Waals surface area contributed by atoms with Gasteiger partial charge in [-0.25, -0.2) is 0 Å². The van der Waals surface area contributed by atoms with Gasteiger partial charge in [-0.1, -0.05) is 19.6 Å². The van der Waals surface area contributed by atoms with Crippen LogP contribution in [0.25, 0.3) is 0 Å². The van der Waals surface area contributed by atoms with Crippen molar-refractivity contribution in [2.24, 2.45) is 0 Å². The Balaban J connectivity index is 3.70. The summed E-state index contributed by atoms with van der Waals surface area (Å²) in [6, 6.07) is 0. The van der Waals surface area contributed by atoms with Crippen LogP contribution in [0, 0.1) is 0 Å². The van der Waals surface area contributed by atoms with Crippen molar-refractivity contribution in [3.63, 3.8) is 0 Å². The summed E-state index contributed by atoms with van der Waals surface area (Å²) < 4.78 is 5.47. The topological polar surface area (TPSA) is 9.23 Å². The summed E-state index contributed by atoms with van der Waals surface area (Å²) in [5.41, 5.74) is 0. The molecule has 0 aromatic rings. The molecule has 0 aliphatic rings. The third kappa shape index (κ3) is 7.12. The third-order valence-corrected chi connectivity index (χ3v) is 10.6. The fourth-order valence-electron chi connectivity index (χ4n) is 0.449. The largest absolute Gasteiger partial charge is 0.420 e. The van der Waals surface area contributed by atoms with Crippen molar-refractivity contribution in [1.82, 2.24) is 0 Å². The quantitative estimate of drug-likeness (QED) is 0.657. The van der Waals surface area contributed by atoms with E-state index >= 15 is 0 Å². The molecule has 0 bridgehead atoms. The van der Waals surface area contributed by atoms with Gasteiger partial charge in [0.2, 0.25) is 0 Å². The fourth-order valence-corrected chi connectivity index (χ4v) is 11.1. The Morgan fingerprint density at radius 2 is 1.55 bits per heavy atom. The maximum atomic E-state index is 5.47. The van der Waals surface area contributed by atoms with Gasteiger partial charge in [-0.2, -0.15) is 11.2 Å². The highest BCUT2D eigenvalue weighted by Crippen LogP contribution is 2.23. The Hall–Kier alpha value is 0.744. The maximum absolute atomic E-state index is 5.47. The van der Waals surface area contributed by atoms with Gasteiger partial charge in [0.1, 0.15) is 7.22 Å². The van der Waals surface area contributed by atoms with Gasteiger partial charge in [-0.05, 0) is 13.1 Å². The summed E-state index contributed by atoms with van der Waals surface area (Å²) in [5, 5.41) is 1.25. The van der Waals surface area contributed by atoms with E-state index in [1.165, 1.54) is 5.38 Å². The summed E-state index contributed by atoms with van der Waals surface area (Å²) in [5.74, 6) is 0. The zero-order valence-electron chi connectivity index (χ0n) is 8.52. The molecule has 0 aromatic heterocycles. The lowest BCUT2D eigenvalue weighted by Gasteiger charge is -2.24. The Morgan fingerprint density at radius 3 is 1.82 bits per heavy atom. The molecule has 0 saturated heterocycles. The zero-order chi connectivity index (χ0) is 9.12. The van der Waals surface area contributed by atoms with Gasteiger partial charge in [-0.3, -0.25) is 0 Å². The molecule has 0 N–H and O–H groups in total. The molecule has 4 heteroatoms. The minimum absolute atomic E-state index is 0.912. The summed E-state index contributed by atoms with van der Waals surface area (Å²) in [6.45, 7) is 11.7. The molecule has 0 spiro atoms. The van der Waals surface area contributed by atoms with Crippen molar-refractivity contribution >= 4 is 26.8 Å². The van der Waals surface area contributed by atoms with Gasteiger partial charge >= 0.3 is 0 Å². The molecule has 0 aliphatic heterocycles. The molecule has 0 unspecified atom stereocenters. The third-order valence-electron chi connectivity index (χ3n) is 1.41. The Morgan fingerprint density at radius 1 is 1.09 bits per heavy atom. The van der Waals surface area contributed by atoms with E-state index in [-0.39, 0.29) is 0 Å². The summed E-state index contributed by atoms with van der Waals surface area (Å²) in [7, 11) is -0.357. The van der Waals surface area contributed by atoms with Crippen LogP contribution in [0.1, 0.15) is 0 Å². The Labute approximate surface area is 76.7 Å². The van der Waals surface area contributed by atoms with Crippen LogP contribution in [0.2, 0.25) is 32.7 Å². The highest BCUT2D eigenvalue weighted by molar-refractivity contribution is 8.29. The average Bonchev–Trinajstić information content (AvgIpc) is 1.83. The first-order valence-corrected chi connectivity index (χ1v) is 12.3. The summed E-state index contributed by atoms with van der Waals surface area (Å²) in [4.78, 5) is 0. The molecule has 11 heavy (non-hydrogen) atoms. The molecular formula is C7H20OSSi2. The number of hydrogen-bond donors (Lipinski definition) is 0. The number of rotatable bonds is 4. The molecule has 0 radical (unpaired) electrons. The lowest BCUT2D eigenvalue weighted by molar-refractivity contribution is 0.410. The van der Waals surface area contributed by atoms with Crippen molar-refractivity contribution in [3.8, 4) is 0 Å². The van der Waals surface area contributed by atoms with Crippen LogP contribution in [-0.4, -0.2) is 28.0 Å². The molecule has 0 rings (SSSR count). The van der Waals surface area contributed by atoms with E-state index in [0.29, 0.717) is 0 Å². The van der Waals surface area contributed by atoms with Gasteiger partial charge in [-0.15, -0.1) is 0 Å². The van der Waals surface area contributed by atoms with Gasteiger partial charge < -0.3 is 4.43 Å². The standard InChI is InChI=1S/C7H20OSSi2/c1-8-11(5,6)7-9-10(2,3)4/h7H2,1-6H3. The number of hydrogen-bond acceptors (Lipinski definition) is 2. The Kier molecular flexibility index (Phi) is 4.39. The van der Waals surface area contributed by atoms with E-state index in [9.17, 15) is 0 Å². The van der Waals surface area contributed by atoms with E-state index in [1.54, 1.807) is 0 Å². The second kappa shape index (κ2) is 4.12. The molecule has 0 heterocycles. The van der Waals surface area contributed by atoms with Crippen LogP contribution < -0.4 is 0 Å². The minimum Gasteiger partial charge on any atom is -0.420 e. The second-order valence-electron chi connectivity index (χ2n) is 4.36. The maximum Gasteiger partial charge on any atom is 0.195 e. The first-order chi connectivity index (χ1) is 4.77. The average molecular weight is 208 g/mol. The molecule has 0 aliphatic carbocycles. The zero-order valence-corrected chi connectivity index (χ0v) is 11.3. The van der Waals surface area contributed by atoms with E-state index in [4.69, 9.17) is 4.43 Å². The normalized spacial score (nSPS) is 13.6. The molecule has 0 fully saturated rings. The molecule has 0 amide bonds. The van der Waals surface area contributed by atoms with Crippen LogP contribution in [0.5, 0.6) is 0 Å². The van der Waals surface area contributed by atoms with Crippen molar-refractivity contribution in [2.75, 3.05) is 12.5 Å². The molecule has 68 valence electrons. The van der Waals surface area contributed by atoms with Crippen LogP contribution in [0.3, 0.4) is 0 Å². The highest BCUT2D eigenvalue weighted by Gasteiger charge is 2.24. The molecule has 0 saturated carbocycles. The predicted molar refractivity (Wildman–Crippen MR) is 60.3 cm³/mol. The molecular weight excluding hydrogens is 188 g/mol. The van der Waals surface area contributed by atoms with E-state index in [1.807, 2.05) is 7.11 Å². The van der Waals surface area contributed by atoms with Gasteiger partial charge in [0.05, 0.1) is 0 Å². The van der Waals surface area contributed by atoms with Crippen LogP contribution in [0.4, 0.5) is 0 Å². The predicted octanol–water partition coefficient (Wildman–Crippen LogP) is 2.95. The fraction of sp³-hybridized carbons (Fsp3) is 1.00. The lowest BCUT2D eigenvalue weighted by Crippen LogP contribution is -2.35. The van der Waals surface area contributed by atoms with Gasteiger partial charge in [0, 0.05) is 12.5 Å². The summed E-state index contributed by atoms with van der Waals surface area (Å²) >= 11 is 2.14. The summed E-state index contributed by atoms with van der Waals surface area (Å²) in [6.07, 6.45) is 0. The van der Waals surface area contributed by atoms with Crippen molar-refractivity contribution in [3.05, 3.63) is 0 Å². The molecule has 0 aromatic carbocycles. The highest BCUT2D eigenvalue weighted by atomic mass is 32.4. The van der Waals surface area contributed by atoms with Crippen LogP contribution >= 0.6 is 11.2 Å². The van der Waals surface area contributed by atoms with Gasteiger partial charge in [0.15, 0.2) is 8.32 Å². The van der Waals surface area contributed by atoms with E-state index < -0.39 is 15.5 Å². The monoisotopic (exact) mass is 208 g/mol.